The number of para-hydroxylation sites is 1. The van der Waals surface area contributed by atoms with Gasteiger partial charge in [0, 0.05) is 30.0 Å². The Labute approximate surface area is 215 Å². The van der Waals surface area contributed by atoms with Crippen LogP contribution in [0.3, 0.4) is 0 Å². The van der Waals surface area contributed by atoms with Crippen molar-refractivity contribution in [3.63, 3.8) is 0 Å². The number of benzene rings is 2. The summed E-state index contributed by atoms with van der Waals surface area (Å²) in [5.41, 5.74) is 0.787. The molecule has 2 amide bonds. The molecule has 2 atom stereocenters. The molecule has 35 heavy (non-hydrogen) atoms. The number of hydrogen-bond acceptors (Lipinski definition) is 4. The SMILES string of the molecule is CC[C@@H](C)NC(=O)[C@H](C)N(Cc1cccc(Br)c1)C(=O)CCCN(c1ccccc1F)S(C)(=O)=O. The molecule has 1 N–H and O–H groups in total. The minimum Gasteiger partial charge on any atom is -0.352 e. The molecule has 0 radical (unpaired) electrons. The second-order valence-corrected chi connectivity index (χ2v) is 11.4. The Kier molecular flexibility index (Phi) is 10.7. The first kappa shape index (κ1) is 28.8. The fraction of sp³-hybridized carbons (Fsp3) is 0.440. The Hall–Kier alpha value is -2.46. The highest BCUT2D eigenvalue weighted by atomic mass is 79.9. The summed E-state index contributed by atoms with van der Waals surface area (Å²) in [6.45, 7) is 5.69. The molecular weight excluding hydrogens is 537 g/mol. The zero-order chi connectivity index (χ0) is 26.2. The summed E-state index contributed by atoms with van der Waals surface area (Å²) in [5.74, 6) is -1.21. The van der Waals surface area contributed by atoms with Crippen LogP contribution in [0.15, 0.2) is 53.0 Å². The van der Waals surface area contributed by atoms with Gasteiger partial charge in [-0.1, -0.05) is 47.1 Å². The van der Waals surface area contributed by atoms with Crippen molar-refractivity contribution in [1.29, 1.82) is 0 Å². The number of rotatable bonds is 12. The number of hydrogen-bond donors (Lipinski definition) is 1. The van der Waals surface area contributed by atoms with Crippen LogP contribution in [0, 0.1) is 5.82 Å². The first-order valence-electron chi connectivity index (χ1n) is 11.5. The van der Waals surface area contributed by atoms with E-state index < -0.39 is 21.9 Å². The number of carbonyl (C=O) groups is 2. The van der Waals surface area contributed by atoms with Crippen LogP contribution in [0.25, 0.3) is 0 Å². The lowest BCUT2D eigenvalue weighted by atomic mass is 10.1. The molecule has 0 aliphatic rings. The number of nitrogens with one attached hydrogen (secondary N) is 1. The fourth-order valence-corrected chi connectivity index (χ4v) is 4.93. The van der Waals surface area contributed by atoms with Gasteiger partial charge in [-0.3, -0.25) is 13.9 Å². The molecule has 0 aliphatic carbocycles. The zero-order valence-corrected chi connectivity index (χ0v) is 22.9. The Bertz CT molecular complexity index is 1130. The predicted molar refractivity (Wildman–Crippen MR) is 140 cm³/mol. The second kappa shape index (κ2) is 13.0. The van der Waals surface area contributed by atoms with Crippen molar-refractivity contribution in [2.75, 3.05) is 17.1 Å². The molecule has 0 bridgehead atoms. The van der Waals surface area contributed by atoms with E-state index in [0.717, 1.165) is 27.0 Å². The van der Waals surface area contributed by atoms with Crippen LogP contribution in [0.4, 0.5) is 10.1 Å². The number of sulfonamides is 1. The third kappa shape index (κ3) is 8.61. The van der Waals surface area contributed by atoms with Gasteiger partial charge in [-0.15, -0.1) is 0 Å². The summed E-state index contributed by atoms with van der Waals surface area (Å²) in [6, 6.07) is 12.3. The summed E-state index contributed by atoms with van der Waals surface area (Å²) in [4.78, 5) is 27.6. The molecular formula is C25H33BrFN3O4S. The molecule has 192 valence electrons. The van der Waals surface area contributed by atoms with Crippen molar-refractivity contribution in [3.8, 4) is 0 Å². The molecule has 0 unspecified atom stereocenters. The fourth-order valence-electron chi connectivity index (χ4n) is 3.52. The molecule has 0 aliphatic heterocycles. The van der Waals surface area contributed by atoms with E-state index in [9.17, 15) is 22.4 Å². The molecule has 0 saturated carbocycles. The maximum absolute atomic E-state index is 14.3. The Morgan fingerprint density at radius 3 is 2.40 bits per heavy atom. The Balaban J connectivity index is 2.18. The number of amides is 2. The van der Waals surface area contributed by atoms with Gasteiger partial charge in [0.2, 0.25) is 21.8 Å². The lowest BCUT2D eigenvalue weighted by Crippen LogP contribution is -2.49. The molecule has 7 nitrogen and oxygen atoms in total. The first-order chi connectivity index (χ1) is 16.4. The van der Waals surface area contributed by atoms with E-state index in [4.69, 9.17) is 0 Å². The molecule has 0 spiro atoms. The maximum Gasteiger partial charge on any atom is 0.242 e. The van der Waals surface area contributed by atoms with Crippen LogP contribution in [0.1, 0.15) is 45.6 Å². The molecule has 2 rings (SSSR count). The third-order valence-corrected chi connectivity index (χ3v) is 7.36. The summed E-state index contributed by atoms with van der Waals surface area (Å²) >= 11 is 3.43. The summed E-state index contributed by atoms with van der Waals surface area (Å²) in [6.07, 6.45) is 1.92. The highest BCUT2D eigenvalue weighted by molar-refractivity contribution is 9.10. The van der Waals surface area contributed by atoms with Crippen LogP contribution >= 0.6 is 15.9 Å². The van der Waals surface area contributed by atoms with Gasteiger partial charge in [0.1, 0.15) is 11.9 Å². The van der Waals surface area contributed by atoms with E-state index in [-0.39, 0.29) is 49.5 Å². The molecule has 10 heteroatoms. The number of halogens is 2. The van der Waals surface area contributed by atoms with Crippen LogP contribution in [0.5, 0.6) is 0 Å². The van der Waals surface area contributed by atoms with Crippen LogP contribution in [0.2, 0.25) is 0 Å². The number of anilines is 1. The van der Waals surface area contributed by atoms with Crippen LogP contribution < -0.4 is 9.62 Å². The average molecular weight is 571 g/mol. The normalized spacial score (nSPS) is 13.1. The Morgan fingerprint density at radius 2 is 1.80 bits per heavy atom. The topological polar surface area (TPSA) is 86.8 Å². The molecule has 0 fully saturated rings. The van der Waals surface area contributed by atoms with Crippen molar-refractivity contribution in [2.45, 2.75) is 58.7 Å². The van der Waals surface area contributed by atoms with Crippen molar-refractivity contribution in [1.82, 2.24) is 10.2 Å². The summed E-state index contributed by atoms with van der Waals surface area (Å²) in [5, 5.41) is 2.91. The lowest BCUT2D eigenvalue weighted by Gasteiger charge is -2.30. The smallest absolute Gasteiger partial charge is 0.242 e. The van der Waals surface area contributed by atoms with E-state index in [1.807, 2.05) is 38.1 Å². The average Bonchev–Trinajstić information content (AvgIpc) is 2.79. The maximum atomic E-state index is 14.3. The molecule has 2 aromatic carbocycles. The quantitative estimate of drug-likeness (QED) is 0.408. The van der Waals surface area contributed by atoms with Gasteiger partial charge in [0.05, 0.1) is 11.9 Å². The molecule has 2 aromatic rings. The van der Waals surface area contributed by atoms with Gasteiger partial charge < -0.3 is 10.2 Å². The zero-order valence-electron chi connectivity index (χ0n) is 20.5. The van der Waals surface area contributed by atoms with Crippen molar-refractivity contribution in [2.24, 2.45) is 0 Å². The lowest BCUT2D eigenvalue weighted by molar-refractivity contribution is -0.140. The van der Waals surface area contributed by atoms with E-state index in [0.29, 0.717) is 0 Å². The van der Waals surface area contributed by atoms with E-state index >= 15 is 0 Å². The number of nitrogens with zero attached hydrogens (tertiary/aromatic N) is 2. The summed E-state index contributed by atoms with van der Waals surface area (Å²) in [7, 11) is -3.76. The van der Waals surface area contributed by atoms with Gasteiger partial charge in [0.15, 0.2) is 0 Å². The van der Waals surface area contributed by atoms with Gasteiger partial charge >= 0.3 is 0 Å². The first-order valence-corrected chi connectivity index (χ1v) is 14.1. The molecule has 0 heterocycles. The van der Waals surface area contributed by atoms with Gasteiger partial charge in [-0.05, 0) is 56.5 Å². The number of carbonyl (C=O) groups excluding carboxylic acids is 2. The highest BCUT2D eigenvalue weighted by Gasteiger charge is 2.27. The van der Waals surface area contributed by atoms with E-state index in [2.05, 4.69) is 21.2 Å². The monoisotopic (exact) mass is 569 g/mol. The van der Waals surface area contributed by atoms with Crippen molar-refractivity contribution < 1.29 is 22.4 Å². The molecule has 0 saturated heterocycles. The molecule has 0 aromatic heterocycles. The van der Waals surface area contributed by atoms with E-state index in [1.54, 1.807) is 13.0 Å². The van der Waals surface area contributed by atoms with Gasteiger partial charge in [-0.2, -0.15) is 0 Å². The van der Waals surface area contributed by atoms with Gasteiger partial charge in [0.25, 0.3) is 0 Å². The minimum atomic E-state index is -3.76. The minimum absolute atomic E-state index is 0.00454. The van der Waals surface area contributed by atoms with Gasteiger partial charge in [-0.25, -0.2) is 12.8 Å². The highest BCUT2D eigenvalue weighted by Crippen LogP contribution is 2.22. The predicted octanol–water partition coefficient (Wildman–Crippen LogP) is 4.47. The van der Waals surface area contributed by atoms with Crippen molar-refractivity contribution >= 4 is 43.5 Å². The summed E-state index contributed by atoms with van der Waals surface area (Å²) < 4.78 is 40.7. The largest absolute Gasteiger partial charge is 0.352 e. The van der Waals surface area contributed by atoms with Crippen LogP contribution in [-0.4, -0.2) is 50.0 Å². The Morgan fingerprint density at radius 1 is 1.11 bits per heavy atom. The third-order valence-electron chi connectivity index (χ3n) is 5.68. The van der Waals surface area contributed by atoms with Crippen molar-refractivity contribution in [3.05, 3.63) is 64.4 Å². The van der Waals surface area contributed by atoms with E-state index in [1.165, 1.54) is 23.1 Å². The standard InChI is InChI=1S/C25H33BrFN3O4S/c1-5-18(2)28-25(32)19(3)29(17-20-10-8-11-21(26)16-20)24(31)14-9-15-30(35(4,33)34)23-13-7-6-12-22(23)27/h6-8,10-13,16,18-19H,5,9,14-15,17H2,1-4H3,(H,28,32)/t18-,19+/m1/s1. The van der Waals surface area contributed by atoms with Crippen LogP contribution in [-0.2, 0) is 26.2 Å². The second-order valence-electron chi connectivity index (χ2n) is 8.54.